The third kappa shape index (κ3) is 2.43. The molecular formula is C12H16O. The van der Waals surface area contributed by atoms with Crippen LogP contribution >= 0.6 is 0 Å². The van der Waals surface area contributed by atoms with Gasteiger partial charge in [0.15, 0.2) is 0 Å². The van der Waals surface area contributed by atoms with E-state index >= 15 is 0 Å². The second-order valence-electron chi connectivity index (χ2n) is 3.39. The lowest BCUT2D eigenvalue weighted by Crippen LogP contribution is -1.99. The Hall–Kier alpha value is -1.08. The normalized spacial score (nSPS) is 20.8. The molecule has 0 aliphatic heterocycles. The second kappa shape index (κ2) is 4.83. The summed E-state index contributed by atoms with van der Waals surface area (Å²) in [4.78, 5) is 0. The third-order valence-electron chi connectivity index (χ3n) is 2.54. The molecule has 1 heteroatoms. The predicted molar refractivity (Wildman–Crippen MR) is 55.8 cm³/mol. The summed E-state index contributed by atoms with van der Waals surface area (Å²) in [6.07, 6.45) is 8.39. The van der Waals surface area contributed by atoms with Crippen LogP contribution in [0, 0.1) is 0 Å². The van der Waals surface area contributed by atoms with E-state index in [1.165, 1.54) is 24.8 Å². The van der Waals surface area contributed by atoms with E-state index < -0.39 is 0 Å². The van der Waals surface area contributed by atoms with Crippen LogP contribution in [-0.2, 0) is 0 Å². The fourth-order valence-corrected chi connectivity index (χ4v) is 1.82. The largest absolute Gasteiger partial charge is 0.412 e. The molecule has 1 unspecified atom stereocenters. The van der Waals surface area contributed by atoms with Crippen molar-refractivity contribution in [2.45, 2.75) is 25.2 Å². The van der Waals surface area contributed by atoms with Gasteiger partial charge >= 0.3 is 0 Å². The van der Waals surface area contributed by atoms with Crippen LogP contribution < -0.4 is 0 Å². The lowest BCUT2D eigenvalue weighted by Gasteiger charge is -2.17. The van der Waals surface area contributed by atoms with Crippen molar-refractivity contribution >= 4 is 0 Å². The summed E-state index contributed by atoms with van der Waals surface area (Å²) in [6, 6.07) is 10.8. The fourth-order valence-electron chi connectivity index (χ4n) is 1.82. The first-order chi connectivity index (χ1) is 5.97. The van der Waals surface area contributed by atoms with Gasteiger partial charge in [0.25, 0.3) is 0 Å². The highest BCUT2D eigenvalue weighted by atomic mass is 16.0. The van der Waals surface area contributed by atoms with Gasteiger partial charge in [0.05, 0.1) is 0 Å². The van der Waals surface area contributed by atoms with Crippen LogP contribution in [0.4, 0.5) is 0 Å². The molecule has 1 aromatic rings. The number of hydrogen-bond acceptors (Lipinski definition) is 0. The molecule has 0 heterocycles. The Kier molecular flexibility index (Phi) is 3.71. The molecule has 0 aromatic heterocycles. The highest BCUT2D eigenvalue weighted by Crippen LogP contribution is 2.28. The van der Waals surface area contributed by atoms with Gasteiger partial charge in [-0.1, -0.05) is 42.5 Å². The Morgan fingerprint density at radius 3 is 2.38 bits per heavy atom. The van der Waals surface area contributed by atoms with Crippen molar-refractivity contribution in [3.8, 4) is 0 Å². The van der Waals surface area contributed by atoms with Crippen LogP contribution in [0.2, 0.25) is 0 Å². The number of allylic oxidation sites excluding steroid dienone is 2. The van der Waals surface area contributed by atoms with E-state index in [4.69, 9.17) is 0 Å². The molecule has 1 atom stereocenters. The minimum Gasteiger partial charge on any atom is -0.412 e. The Morgan fingerprint density at radius 2 is 1.77 bits per heavy atom. The van der Waals surface area contributed by atoms with Crippen molar-refractivity contribution in [3.05, 3.63) is 48.0 Å². The molecule has 2 N–H and O–H groups in total. The Balaban J connectivity index is 0.000000845. The smallest absolute Gasteiger partial charge is 0.0124 e. The molecule has 0 fully saturated rings. The van der Waals surface area contributed by atoms with Crippen molar-refractivity contribution in [3.63, 3.8) is 0 Å². The van der Waals surface area contributed by atoms with Gasteiger partial charge in [-0.3, -0.25) is 0 Å². The summed E-state index contributed by atoms with van der Waals surface area (Å²) in [6.45, 7) is 0. The topological polar surface area (TPSA) is 31.5 Å². The first-order valence-electron chi connectivity index (χ1n) is 4.67. The molecule has 0 amide bonds. The summed E-state index contributed by atoms with van der Waals surface area (Å²) in [7, 11) is 0. The van der Waals surface area contributed by atoms with Crippen LogP contribution in [0.5, 0.6) is 0 Å². The van der Waals surface area contributed by atoms with E-state index in [1.807, 2.05) is 0 Å². The average molecular weight is 176 g/mol. The monoisotopic (exact) mass is 176 g/mol. The van der Waals surface area contributed by atoms with Crippen molar-refractivity contribution in [1.82, 2.24) is 0 Å². The van der Waals surface area contributed by atoms with Gasteiger partial charge in [-0.15, -0.1) is 0 Å². The quantitative estimate of drug-likeness (QED) is 0.589. The molecule has 0 bridgehead atoms. The summed E-state index contributed by atoms with van der Waals surface area (Å²) in [5.74, 6) is 0.774. The molecule has 1 nitrogen and oxygen atoms in total. The van der Waals surface area contributed by atoms with E-state index in [9.17, 15) is 0 Å². The average Bonchev–Trinajstić information content (AvgIpc) is 2.21. The van der Waals surface area contributed by atoms with Gasteiger partial charge in [0.1, 0.15) is 0 Å². The van der Waals surface area contributed by atoms with E-state index in [0.29, 0.717) is 0 Å². The number of benzene rings is 1. The van der Waals surface area contributed by atoms with E-state index in [0.717, 1.165) is 5.92 Å². The van der Waals surface area contributed by atoms with Crippen molar-refractivity contribution in [2.75, 3.05) is 0 Å². The van der Waals surface area contributed by atoms with E-state index in [-0.39, 0.29) is 5.48 Å². The molecule has 0 radical (unpaired) electrons. The maximum atomic E-state index is 2.31. The maximum absolute atomic E-state index is 2.31. The Bertz CT molecular complexity index is 264. The van der Waals surface area contributed by atoms with Crippen molar-refractivity contribution in [1.29, 1.82) is 0 Å². The second-order valence-corrected chi connectivity index (χ2v) is 3.39. The van der Waals surface area contributed by atoms with Crippen molar-refractivity contribution < 1.29 is 5.48 Å². The zero-order valence-corrected chi connectivity index (χ0v) is 7.74. The fraction of sp³-hybridized carbons (Fsp3) is 0.333. The molecular weight excluding hydrogens is 160 g/mol. The molecule has 0 saturated carbocycles. The van der Waals surface area contributed by atoms with E-state index in [2.05, 4.69) is 42.5 Å². The highest BCUT2D eigenvalue weighted by Gasteiger charge is 2.10. The third-order valence-corrected chi connectivity index (χ3v) is 2.54. The van der Waals surface area contributed by atoms with E-state index in [1.54, 1.807) is 0 Å². The lowest BCUT2D eigenvalue weighted by atomic mass is 9.88. The molecule has 0 spiro atoms. The van der Waals surface area contributed by atoms with Crippen LogP contribution in [-0.4, -0.2) is 5.48 Å². The predicted octanol–water partition coefficient (Wildman–Crippen LogP) is 2.69. The SMILES string of the molecule is C1=CCC(c2ccccc2)CC1.O. The summed E-state index contributed by atoms with van der Waals surface area (Å²) in [5, 5.41) is 0. The van der Waals surface area contributed by atoms with Gasteiger partial charge < -0.3 is 5.48 Å². The number of rotatable bonds is 1. The van der Waals surface area contributed by atoms with Crippen LogP contribution in [0.25, 0.3) is 0 Å². The number of hydrogen-bond donors (Lipinski definition) is 0. The van der Waals surface area contributed by atoms with Crippen LogP contribution in [0.15, 0.2) is 42.5 Å². The molecule has 2 rings (SSSR count). The lowest BCUT2D eigenvalue weighted by molar-refractivity contribution is 0.617. The zero-order chi connectivity index (χ0) is 8.23. The maximum Gasteiger partial charge on any atom is -0.0124 e. The molecule has 1 aliphatic carbocycles. The van der Waals surface area contributed by atoms with Gasteiger partial charge in [-0.25, -0.2) is 0 Å². The van der Waals surface area contributed by atoms with Gasteiger partial charge in [0.2, 0.25) is 0 Å². The van der Waals surface area contributed by atoms with Crippen molar-refractivity contribution in [2.24, 2.45) is 0 Å². The first kappa shape index (κ1) is 10.0. The summed E-state index contributed by atoms with van der Waals surface area (Å²) < 4.78 is 0. The highest BCUT2D eigenvalue weighted by molar-refractivity contribution is 5.21. The molecule has 13 heavy (non-hydrogen) atoms. The van der Waals surface area contributed by atoms with Crippen LogP contribution in [0.1, 0.15) is 30.7 Å². The zero-order valence-electron chi connectivity index (χ0n) is 7.74. The summed E-state index contributed by atoms with van der Waals surface area (Å²) >= 11 is 0. The Labute approximate surface area is 79.4 Å². The van der Waals surface area contributed by atoms with Crippen LogP contribution in [0.3, 0.4) is 0 Å². The van der Waals surface area contributed by atoms with Gasteiger partial charge in [-0.2, -0.15) is 0 Å². The first-order valence-corrected chi connectivity index (χ1v) is 4.67. The minimum atomic E-state index is 0. The standard InChI is InChI=1S/C12H14.H2O/c1-3-7-11(8-4-1)12-9-5-2-6-10-12;/h1-5,7-8,12H,6,9-10H2;1H2. The van der Waals surface area contributed by atoms with Gasteiger partial charge in [-0.05, 0) is 30.7 Å². The molecule has 1 aromatic carbocycles. The molecule has 70 valence electrons. The summed E-state index contributed by atoms with van der Waals surface area (Å²) in [5.41, 5.74) is 1.50. The molecule has 1 aliphatic rings. The Morgan fingerprint density at radius 1 is 1.00 bits per heavy atom. The van der Waals surface area contributed by atoms with Gasteiger partial charge in [0, 0.05) is 0 Å². The molecule has 0 saturated heterocycles. The minimum absolute atomic E-state index is 0.